The number of allylic oxidation sites excluding steroid dienone is 1. The molecule has 0 saturated heterocycles. The van der Waals surface area contributed by atoms with Crippen LogP contribution < -0.4 is 0 Å². The maximum absolute atomic E-state index is 11.0. The highest BCUT2D eigenvalue weighted by Crippen LogP contribution is 2.41. The molecule has 0 aliphatic heterocycles. The van der Waals surface area contributed by atoms with Gasteiger partial charge < -0.3 is 9.84 Å². The molecule has 174 valence electrons. The van der Waals surface area contributed by atoms with Crippen LogP contribution in [0.4, 0.5) is 0 Å². The monoisotopic (exact) mass is 442 g/mol. The summed E-state index contributed by atoms with van der Waals surface area (Å²) in [5.74, 6) is 0.637. The van der Waals surface area contributed by atoms with Crippen molar-refractivity contribution in [3.05, 3.63) is 120 Å². The summed E-state index contributed by atoms with van der Waals surface area (Å²) in [5.41, 5.74) is 2.47. The number of rotatable bonds is 13. The molecule has 0 radical (unpaired) electrons. The van der Waals surface area contributed by atoms with E-state index in [1.165, 1.54) is 0 Å². The summed E-state index contributed by atoms with van der Waals surface area (Å²) < 4.78 is 6.94. The summed E-state index contributed by atoms with van der Waals surface area (Å²) in [7, 11) is 0. The Bertz CT molecular complexity index is 838. The molecule has 0 unspecified atom stereocenters. The number of hydrogen-bond acceptors (Lipinski definition) is 2. The van der Waals surface area contributed by atoms with Crippen LogP contribution in [0.25, 0.3) is 0 Å². The number of ether oxygens (including phenoxy) is 1. The van der Waals surface area contributed by atoms with Gasteiger partial charge in [-0.05, 0) is 35.4 Å². The first-order chi connectivity index (χ1) is 16.1. The van der Waals surface area contributed by atoms with Gasteiger partial charge in [0.2, 0.25) is 0 Å². The molecule has 0 spiro atoms. The average Bonchev–Trinajstić information content (AvgIpc) is 2.85. The molecule has 3 rings (SSSR count). The van der Waals surface area contributed by atoms with Crippen LogP contribution in [-0.2, 0) is 10.3 Å². The molecule has 0 saturated carbocycles. The zero-order chi connectivity index (χ0) is 23.5. The van der Waals surface area contributed by atoms with E-state index in [0.29, 0.717) is 12.5 Å². The zero-order valence-electron chi connectivity index (χ0n) is 20.1. The van der Waals surface area contributed by atoms with Crippen LogP contribution in [0.5, 0.6) is 0 Å². The fourth-order valence-corrected chi connectivity index (χ4v) is 4.52. The molecule has 0 aliphatic rings. The van der Waals surface area contributed by atoms with Gasteiger partial charge in [0.25, 0.3) is 0 Å². The Balaban J connectivity index is 1.98. The minimum atomic E-state index is -0.763. The Hall–Kier alpha value is -2.68. The van der Waals surface area contributed by atoms with Crippen molar-refractivity contribution in [2.24, 2.45) is 11.8 Å². The molecule has 2 heteroatoms. The van der Waals surface area contributed by atoms with Gasteiger partial charge in [-0.3, -0.25) is 0 Å². The van der Waals surface area contributed by atoms with E-state index in [-0.39, 0.29) is 5.92 Å². The van der Waals surface area contributed by atoms with E-state index in [9.17, 15) is 5.11 Å². The Labute approximate surface area is 200 Å². The molecule has 1 N–H and O–H groups in total. The highest BCUT2D eigenvalue weighted by atomic mass is 16.5. The first-order valence-corrected chi connectivity index (χ1v) is 12.2. The summed E-state index contributed by atoms with van der Waals surface area (Å²) in [4.78, 5) is 0. The maximum atomic E-state index is 11.0. The first kappa shape index (κ1) is 25.0. The van der Waals surface area contributed by atoms with Gasteiger partial charge in [-0.1, -0.05) is 124 Å². The standard InChI is InChI=1S/C31H38O2/c1-4-15-26(30(32)23-14-16-25(2)3)24-33-31(27-17-8-5-9-18-27,28-19-10-6-11-20-28)29-21-12-7-13-22-29/h4-13,17-22,25-26,30,32H,1,14-16,23-24H2,2-3H3/t26-,30+/m1/s1. The van der Waals surface area contributed by atoms with Crippen molar-refractivity contribution in [3.8, 4) is 0 Å². The number of hydrogen-bond donors (Lipinski definition) is 1. The van der Waals surface area contributed by atoms with Gasteiger partial charge in [0, 0.05) is 5.92 Å². The van der Waals surface area contributed by atoms with Gasteiger partial charge in [0.15, 0.2) is 0 Å². The third kappa shape index (κ3) is 6.43. The predicted molar refractivity (Wildman–Crippen MR) is 138 cm³/mol. The largest absolute Gasteiger partial charge is 0.393 e. The van der Waals surface area contributed by atoms with Crippen LogP contribution in [0.15, 0.2) is 104 Å². The Kier molecular flexibility index (Phi) is 9.47. The zero-order valence-corrected chi connectivity index (χ0v) is 20.1. The molecule has 0 heterocycles. The molecular weight excluding hydrogens is 404 g/mol. The number of aliphatic hydroxyl groups is 1. The van der Waals surface area contributed by atoms with Gasteiger partial charge in [0.1, 0.15) is 5.60 Å². The third-order valence-electron chi connectivity index (χ3n) is 6.35. The lowest BCUT2D eigenvalue weighted by Crippen LogP contribution is -2.36. The van der Waals surface area contributed by atoms with E-state index in [1.807, 2.05) is 24.3 Å². The Morgan fingerprint density at radius 1 is 0.788 bits per heavy atom. The van der Waals surface area contributed by atoms with Gasteiger partial charge in [-0.2, -0.15) is 0 Å². The molecule has 2 atom stereocenters. The summed E-state index contributed by atoms with van der Waals surface area (Å²) in [6, 6.07) is 31.2. The second-order valence-corrected chi connectivity index (χ2v) is 9.27. The highest BCUT2D eigenvalue weighted by molar-refractivity contribution is 5.47. The molecular formula is C31H38O2. The van der Waals surface area contributed by atoms with Gasteiger partial charge in [0.05, 0.1) is 12.7 Å². The predicted octanol–water partition coefficient (Wildman–Crippen LogP) is 7.37. The van der Waals surface area contributed by atoms with Crippen LogP contribution in [0, 0.1) is 11.8 Å². The van der Waals surface area contributed by atoms with E-state index < -0.39 is 11.7 Å². The van der Waals surface area contributed by atoms with Crippen LogP contribution in [0.2, 0.25) is 0 Å². The first-order valence-electron chi connectivity index (χ1n) is 12.2. The molecule has 0 aromatic heterocycles. The summed E-state index contributed by atoms with van der Waals surface area (Å²) >= 11 is 0. The smallest absolute Gasteiger partial charge is 0.143 e. The van der Waals surface area contributed by atoms with Crippen molar-refractivity contribution in [3.63, 3.8) is 0 Å². The molecule has 3 aromatic rings. The van der Waals surface area contributed by atoms with Gasteiger partial charge in [-0.25, -0.2) is 0 Å². The third-order valence-corrected chi connectivity index (χ3v) is 6.35. The minimum Gasteiger partial charge on any atom is -0.393 e. The molecule has 0 aliphatic carbocycles. The fourth-order valence-electron chi connectivity index (χ4n) is 4.52. The summed E-state index contributed by atoms with van der Waals surface area (Å²) in [6.07, 6.45) is 5.14. The van der Waals surface area contributed by atoms with Crippen molar-refractivity contribution < 1.29 is 9.84 Å². The van der Waals surface area contributed by atoms with Gasteiger partial charge >= 0.3 is 0 Å². The van der Waals surface area contributed by atoms with E-state index in [1.54, 1.807) is 0 Å². The van der Waals surface area contributed by atoms with Crippen LogP contribution in [0.3, 0.4) is 0 Å². The molecule has 2 nitrogen and oxygen atoms in total. The molecule has 0 bridgehead atoms. The molecule has 0 amide bonds. The van der Waals surface area contributed by atoms with Crippen molar-refractivity contribution in [1.82, 2.24) is 0 Å². The Morgan fingerprint density at radius 2 is 1.24 bits per heavy atom. The SMILES string of the molecule is C=CC[C@H](COC(c1ccccc1)(c1ccccc1)c1ccccc1)[C@@H](O)CCCC(C)C. The summed E-state index contributed by atoms with van der Waals surface area (Å²) in [5, 5.41) is 11.0. The van der Waals surface area contributed by atoms with Crippen LogP contribution >= 0.6 is 0 Å². The van der Waals surface area contributed by atoms with E-state index in [4.69, 9.17) is 4.74 Å². The molecule has 33 heavy (non-hydrogen) atoms. The second kappa shape index (κ2) is 12.5. The highest BCUT2D eigenvalue weighted by Gasteiger charge is 2.38. The van der Waals surface area contributed by atoms with Crippen molar-refractivity contribution >= 4 is 0 Å². The number of aliphatic hydroxyl groups excluding tert-OH is 1. The van der Waals surface area contributed by atoms with Crippen LogP contribution in [0.1, 0.15) is 56.2 Å². The van der Waals surface area contributed by atoms with E-state index in [0.717, 1.165) is 42.4 Å². The van der Waals surface area contributed by atoms with Crippen molar-refractivity contribution in [1.29, 1.82) is 0 Å². The molecule has 3 aromatic carbocycles. The quantitative estimate of drug-likeness (QED) is 0.221. The normalized spacial score (nSPS) is 13.6. The maximum Gasteiger partial charge on any atom is 0.143 e. The lowest BCUT2D eigenvalue weighted by atomic mass is 9.80. The Morgan fingerprint density at radius 3 is 1.64 bits per heavy atom. The summed E-state index contributed by atoms with van der Waals surface area (Å²) in [6.45, 7) is 8.84. The van der Waals surface area contributed by atoms with E-state index in [2.05, 4.69) is 93.2 Å². The van der Waals surface area contributed by atoms with E-state index >= 15 is 0 Å². The topological polar surface area (TPSA) is 29.5 Å². The second-order valence-electron chi connectivity index (χ2n) is 9.27. The van der Waals surface area contributed by atoms with Crippen molar-refractivity contribution in [2.75, 3.05) is 6.61 Å². The lowest BCUT2D eigenvalue weighted by molar-refractivity contribution is -0.0391. The van der Waals surface area contributed by atoms with Crippen LogP contribution in [-0.4, -0.2) is 17.8 Å². The van der Waals surface area contributed by atoms with Crippen molar-refractivity contribution in [2.45, 2.75) is 51.2 Å². The molecule has 0 fully saturated rings. The van der Waals surface area contributed by atoms with Gasteiger partial charge in [-0.15, -0.1) is 6.58 Å². The minimum absolute atomic E-state index is 0.00910. The lowest BCUT2D eigenvalue weighted by Gasteiger charge is -2.37. The number of benzene rings is 3. The fraction of sp³-hybridized carbons (Fsp3) is 0.355. The average molecular weight is 443 g/mol.